The number of hydrogen-bond acceptors (Lipinski definition) is 5. The molecule has 7 nitrogen and oxygen atoms in total. The molecule has 0 fully saturated rings. The molecule has 0 saturated carbocycles. The largest absolute Gasteiger partial charge is 0.497 e. The van der Waals surface area contributed by atoms with Gasteiger partial charge in [-0.15, -0.1) is 24.0 Å². The summed E-state index contributed by atoms with van der Waals surface area (Å²) in [5.74, 6) is 3.53. The highest BCUT2D eigenvalue weighted by Crippen LogP contribution is 2.33. The third-order valence-electron chi connectivity index (χ3n) is 4.07. The lowest BCUT2D eigenvalue weighted by atomic mass is 10.1. The molecule has 0 radical (unpaired) electrons. The molecular weight excluding hydrogens is 473 g/mol. The molecule has 0 atom stereocenters. The summed E-state index contributed by atoms with van der Waals surface area (Å²) in [6.07, 6.45) is 0. The summed E-state index contributed by atoms with van der Waals surface area (Å²) in [6, 6.07) is 11.5. The fourth-order valence-electron chi connectivity index (χ4n) is 2.61. The minimum atomic E-state index is 0. The van der Waals surface area contributed by atoms with Gasteiger partial charge >= 0.3 is 0 Å². The average Bonchev–Trinajstić information content (AvgIpc) is 2.73. The van der Waals surface area contributed by atoms with Crippen molar-refractivity contribution in [3.8, 4) is 23.0 Å². The van der Waals surface area contributed by atoms with E-state index in [9.17, 15) is 0 Å². The molecule has 154 valence electrons. The predicted molar refractivity (Wildman–Crippen MR) is 122 cm³/mol. The lowest BCUT2D eigenvalue weighted by molar-refractivity contribution is 0.368. The molecule has 2 rings (SSSR count). The van der Waals surface area contributed by atoms with E-state index >= 15 is 0 Å². The summed E-state index contributed by atoms with van der Waals surface area (Å²) < 4.78 is 21.5. The van der Waals surface area contributed by atoms with Crippen molar-refractivity contribution in [3.05, 3.63) is 47.5 Å². The summed E-state index contributed by atoms with van der Waals surface area (Å²) in [7, 11) is 8.23. The van der Waals surface area contributed by atoms with Crippen LogP contribution in [0.5, 0.6) is 23.0 Å². The zero-order valence-electron chi connectivity index (χ0n) is 16.9. The SMILES string of the molecule is CN=C(NCc1cccc(OC)c1)NCc1c(OC)cc(OC)cc1OC.I. The Morgan fingerprint density at radius 1 is 0.821 bits per heavy atom. The van der Waals surface area contributed by atoms with Crippen molar-refractivity contribution in [2.75, 3.05) is 35.5 Å². The molecular formula is C20H28IN3O4. The first-order valence-electron chi connectivity index (χ1n) is 8.51. The normalized spacial score (nSPS) is 10.5. The van der Waals surface area contributed by atoms with Gasteiger partial charge in [0.05, 0.1) is 40.5 Å². The van der Waals surface area contributed by atoms with Crippen LogP contribution in [0.25, 0.3) is 0 Å². The van der Waals surface area contributed by atoms with Crippen molar-refractivity contribution >= 4 is 29.9 Å². The molecule has 0 aromatic heterocycles. The van der Waals surface area contributed by atoms with Crippen LogP contribution in [0.3, 0.4) is 0 Å². The number of nitrogens with zero attached hydrogens (tertiary/aromatic N) is 1. The fourth-order valence-corrected chi connectivity index (χ4v) is 2.61. The second-order valence-electron chi connectivity index (χ2n) is 5.64. The summed E-state index contributed by atoms with van der Waals surface area (Å²) in [4.78, 5) is 4.26. The van der Waals surface area contributed by atoms with Gasteiger partial charge < -0.3 is 29.6 Å². The maximum atomic E-state index is 5.48. The quantitative estimate of drug-likeness (QED) is 0.329. The fraction of sp³-hybridized carbons (Fsp3) is 0.350. The predicted octanol–water partition coefficient (Wildman–Crippen LogP) is 3.20. The molecule has 0 amide bonds. The maximum Gasteiger partial charge on any atom is 0.191 e. The lowest BCUT2D eigenvalue weighted by Crippen LogP contribution is -2.36. The van der Waals surface area contributed by atoms with Crippen molar-refractivity contribution in [2.24, 2.45) is 4.99 Å². The van der Waals surface area contributed by atoms with Crippen molar-refractivity contribution in [3.63, 3.8) is 0 Å². The van der Waals surface area contributed by atoms with Gasteiger partial charge in [0.15, 0.2) is 5.96 Å². The van der Waals surface area contributed by atoms with Crippen LogP contribution in [0.2, 0.25) is 0 Å². The summed E-state index contributed by atoms with van der Waals surface area (Å²) >= 11 is 0. The molecule has 2 N–H and O–H groups in total. The summed E-state index contributed by atoms with van der Waals surface area (Å²) in [5, 5.41) is 6.56. The highest BCUT2D eigenvalue weighted by molar-refractivity contribution is 14.0. The number of nitrogens with one attached hydrogen (secondary N) is 2. The molecule has 0 saturated heterocycles. The van der Waals surface area contributed by atoms with Gasteiger partial charge in [0.1, 0.15) is 23.0 Å². The van der Waals surface area contributed by atoms with Crippen LogP contribution in [0.15, 0.2) is 41.4 Å². The number of methoxy groups -OCH3 is 4. The second kappa shape index (κ2) is 12.2. The number of ether oxygens (including phenoxy) is 4. The van der Waals surface area contributed by atoms with E-state index in [4.69, 9.17) is 18.9 Å². The molecule has 0 spiro atoms. The number of halogens is 1. The highest BCUT2D eigenvalue weighted by Gasteiger charge is 2.13. The topological polar surface area (TPSA) is 73.3 Å². The monoisotopic (exact) mass is 501 g/mol. The molecule has 0 unspecified atom stereocenters. The van der Waals surface area contributed by atoms with Gasteiger partial charge in [-0.25, -0.2) is 0 Å². The smallest absolute Gasteiger partial charge is 0.191 e. The number of rotatable bonds is 8. The zero-order chi connectivity index (χ0) is 19.6. The maximum absolute atomic E-state index is 5.48. The number of hydrogen-bond donors (Lipinski definition) is 2. The molecule has 0 heterocycles. The third-order valence-corrected chi connectivity index (χ3v) is 4.07. The molecule has 8 heteroatoms. The van der Waals surface area contributed by atoms with E-state index in [0.717, 1.165) is 16.9 Å². The Kier molecular flexibility index (Phi) is 10.3. The van der Waals surface area contributed by atoms with Crippen LogP contribution in [-0.2, 0) is 13.1 Å². The minimum Gasteiger partial charge on any atom is -0.497 e. The van der Waals surface area contributed by atoms with E-state index in [-0.39, 0.29) is 24.0 Å². The van der Waals surface area contributed by atoms with Crippen LogP contribution in [0, 0.1) is 0 Å². The van der Waals surface area contributed by atoms with Gasteiger partial charge in [0.2, 0.25) is 0 Å². The van der Waals surface area contributed by atoms with Gasteiger partial charge in [-0.1, -0.05) is 12.1 Å². The number of benzene rings is 2. The Bertz CT molecular complexity index is 759. The molecule has 0 aliphatic carbocycles. The Hall–Kier alpha value is -2.36. The Morgan fingerprint density at radius 2 is 1.43 bits per heavy atom. The summed E-state index contributed by atoms with van der Waals surface area (Å²) in [5.41, 5.74) is 1.97. The molecule has 2 aromatic rings. The molecule has 0 aliphatic heterocycles. The second-order valence-corrected chi connectivity index (χ2v) is 5.64. The van der Waals surface area contributed by atoms with Crippen LogP contribution in [0.4, 0.5) is 0 Å². The Balaban J connectivity index is 0.00000392. The highest BCUT2D eigenvalue weighted by atomic mass is 127. The van der Waals surface area contributed by atoms with Gasteiger partial charge in [-0.05, 0) is 17.7 Å². The first-order valence-corrected chi connectivity index (χ1v) is 8.51. The van der Waals surface area contributed by atoms with Gasteiger partial charge in [0.25, 0.3) is 0 Å². The Morgan fingerprint density at radius 3 is 1.96 bits per heavy atom. The zero-order valence-corrected chi connectivity index (χ0v) is 19.2. The lowest BCUT2D eigenvalue weighted by Gasteiger charge is -2.17. The van der Waals surface area contributed by atoms with E-state index in [2.05, 4.69) is 15.6 Å². The van der Waals surface area contributed by atoms with Crippen LogP contribution >= 0.6 is 24.0 Å². The molecule has 0 bridgehead atoms. The average molecular weight is 501 g/mol. The van der Waals surface area contributed by atoms with E-state index in [1.165, 1.54) is 0 Å². The number of aliphatic imine (C=N–C) groups is 1. The Labute approximate surface area is 183 Å². The third kappa shape index (κ3) is 6.36. The van der Waals surface area contributed by atoms with Gasteiger partial charge in [-0.2, -0.15) is 0 Å². The van der Waals surface area contributed by atoms with Crippen molar-refractivity contribution < 1.29 is 18.9 Å². The van der Waals surface area contributed by atoms with Crippen molar-refractivity contribution in [1.29, 1.82) is 0 Å². The van der Waals surface area contributed by atoms with Crippen LogP contribution in [-0.4, -0.2) is 41.4 Å². The molecule has 2 aromatic carbocycles. The standard InChI is InChI=1S/C20H27N3O4.HI/c1-21-20(22-12-14-7-6-8-15(9-14)24-2)23-13-17-18(26-4)10-16(25-3)11-19(17)27-5;/h6-11H,12-13H2,1-5H3,(H2,21,22,23);1H. The van der Waals surface area contributed by atoms with E-state index < -0.39 is 0 Å². The van der Waals surface area contributed by atoms with E-state index in [0.29, 0.717) is 36.3 Å². The van der Waals surface area contributed by atoms with E-state index in [1.54, 1.807) is 35.5 Å². The minimum absolute atomic E-state index is 0. The van der Waals surface area contributed by atoms with Crippen LogP contribution < -0.4 is 29.6 Å². The van der Waals surface area contributed by atoms with Crippen LogP contribution in [0.1, 0.15) is 11.1 Å². The first-order chi connectivity index (χ1) is 13.1. The van der Waals surface area contributed by atoms with E-state index in [1.807, 2.05) is 36.4 Å². The van der Waals surface area contributed by atoms with Crippen molar-refractivity contribution in [1.82, 2.24) is 10.6 Å². The molecule has 28 heavy (non-hydrogen) atoms. The first kappa shape index (κ1) is 23.7. The van der Waals surface area contributed by atoms with Gasteiger partial charge in [-0.3, -0.25) is 4.99 Å². The molecule has 0 aliphatic rings. The summed E-state index contributed by atoms with van der Waals surface area (Å²) in [6.45, 7) is 1.10. The van der Waals surface area contributed by atoms with Crippen molar-refractivity contribution in [2.45, 2.75) is 13.1 Å². The number of guanidine groups is 1. The van der Waals surface area contributed by atoms with Gasteiger partial charge in [0, 0.05) is 25.7 Å².